The van der Waals surface area contributed by atoms with E-state index in [0.717, 1.165) is 5.56 Å². The third-order valence-electron chi connectivity index (χ3n) is 3.05. The molecule has 21 heavy (non-hydrogen) atoms. The first-order valence-electron chi connectivity index (χ1n) is 6.96. The summed E-state index contributed by atoms with van der Waals surface area (Å²) in [6, 6.07) is 15.1. The van der Waals surface area contributed by atoms with Gasteiger partial charge in [0.1, 0.15) is 17.7 Å². The van der Waals surface area contributed by atoms with Gasteiger partial charge in [-0.2, -0.15) is 0 Å². The maximum absolute atomic E-state index is 13.6. The molecule has 4 heteroatoms. The molecule has 0 saturated carbocycles. The molecule has 1 unspecified atom stereocenters. The number of benzene rings is 2. The minimum atomic E-state index is -0.323. The zero-order valence-corrected chi connectivity index (χ0v) is 13.7. The summed E-state index contributed by atoms with van der Waals surface area (Å²) in [5, 5.41) is 3.36. The monoisotopic (exact) mass is 351 g/mol. The van der Waals surface area contributed by atoms with Gasteiger partial charge in [-0.3, -0.25) is 0 Å². The quantitative estimate of drug-likeness (QED) is 0.813. The summed E-state index contributed by atoms with van der Waals surface area (Å²) >= 11 is 3.15. The second-order valence-corrected chi connectivity index (χ2v) is 6.01. The maximum atomic E-state index is 13.6. The predicted molar refractivity (Wildman–Crippen MR) is 87.0 cm³/mol. The van der Waals surface area contributed by atoms with Crippen LogP contribution in [0.1, 0.15) is 25.5 Å². The smallest absolute Gasteiger partial charge is 0.141 e. The molecule has 0 aromatic heterocycles. The molecule has 2 aromatic rings. The topological polar surface area (TPSA) is 21.3 Å². The van der Waals surface area contributed by atoms with Gasteiger partial charge in [-0.05, 0) is 33.6 Å². The highest BCUT2D eigenvalue weighted by molar-refractivity contribution is 9.10. The van der Waals surface area contributed by atoms with Crippen molar-refractivity contribution in [3.8, 4) is 5.75 Å². The summed E-state index contributed by atoms with van der Waals surface area (Å²) in [5.74, 6) is 0.200. The van der Waals surface area contributed by atoms with E-state index in [1.165, 1.54) is 6.07 Å². The fourth-order valence-corrected chi connectivity index (χ4v) is 2.20. The van der Waals surface area contributed by atoms with Gasteiger partial charge >= 0.3 is 0 Å². The number of hydrogen-bond donors (Lipinski definition) is 1. The van der Waals surface area contributed by atoms with E-state index in [-0.39, 0.29) is 11.9 Å². The molecule has 2 rings (SSSR count). The van der Waals surface area contributed by atoms with Crippen LogP contribution in [0.15, 0.2) is 53.0 Å². The van der Waals surface area contributed by atoms with Crippen molar-refractivity contribution < 1.29 is 9.13 Å². The Kier molecular flexibility index (Phi) is 5.76. The maximum Gasteiger partial charge on any atom is 0.141 e. The average Bonchev–Trinajstić information content (AvgIpc) is 2.48. The van der Waals surface area contributed by atoms with E-state index in [1.807, 2.05) is 30.3 Å². The van der Waals surface area contributed by atoms with Crippen LogP contribution in [0, 0.1) is 5.82 Å². The molecule has 2 nitrogen and oxygen atoms in total. The molecule has 1 atom stereocenters. The van der Waals surface area contributed by atoms with Gasteiger partial charge in [0.05, 0.1) is 4.47 Å². The number of halogens is 2. The Morgan fingerprint density at radius 2 is 1.86 bits per heavy atom. The molecule has 0 radical (unpaired) electrons. The van der Waals surface area contributed by atoms with Crippen LogP contribution < -0.4 is 10.1 Å². The summed E-state index contributed by atoms with van der Waals surface area (Å²) in [5.41, 5.74) is 1.06. The third kappa shape index (κ3) is 4.83. The van der Waals surface area contributed by atoms with E-state index in [0.29, 0.717) is 22.8 Å². The molecule has 2 aromatic carbocycles. The molecule has 1 N–H and O–H groups in total. The Morgan fingerprint density at radius 3 is 2.48 bits per heavy atom. The molecule has 0 aliphatic heterocycles. The lowest BCUT2D eigenvalue weighted by molar-refractivity contribution is 0.197. The molecule has 0 aliphatic rings. The molecular weight excluding hydrogens is 333 g/mol. The van der Waals surface area contributed by atoms with Gasteiger partial charge in [0.15, 0.2) is 0 Å². The van der Waals surface area contributed by atoms with Gasteiger partial charge in [0.25, 0.3) is 0 Å². The van der Waals surface area contributed by atoms with Crippen LogP contribution in [0.3, 0.4) is 0 Å². The Labute approximate surface area is 133 Å². The highest BCUT2D eigenvalue weighted by Gasteiger charge is 2.14. The summed E-state index contributed by atoms with van der Waals surface area (Å²) in [6.07, 6.45) is -0.158. The van der Waals surface area contributed by atoms with Gasteiger partial charge in [0, 0.05) is 18.7 Å². The first kappa shape index (κ1) is 16.0. The SMILES string of the molecule is CC(C)NCC(Oc1ccc(Br)c(F)c1)c1ccccc1. The van der Waals surface area contributed by atoms with Crippen molar-refractivity contribution in [1.29, 1.82) is 0 Å². The van der Waals surface area contributed by atoms with E-state index in [2.05, 4.69) is 35.1 Å². The van der Waals surface area contributed by atoms with Crippen molar-refractivity contribution in [3.05, 3.63) is 64.4 Å². The molecule has 0 aliphatic carbocycles. The van der Waals surface area contributed by atoms with Crippen molar-refractivity contribution in [1.82, 2.24) is 5.32 Å². The zero-order valence-electron chi connectivity index (χ0n) is 12.1. The van der Waals surface area contributed by atoms with Crippen LogP contribution in [-0.4, -0.2) is 12.6 Å². The standard InChI is InChI=1S/C17H19BrFNO/c1-12(2)20-11-17(13-6-4-3-5-7-13)21-14-8-9-15(18)16(19)10-14/h3-10,12,17,20H,11H2,1-2H3. The highest BCUT2D eigenvalue weighted by atomic mass is 79.9. The summed E-state index contributed by atoms with van der Waals surface area (Å²) < 4.78 is 20.0. The lowest BCUT2D eigenvalue weighted by Crippen LogP contribution is -2.30. The van der Waals surface area contributed by atoms with Gasteiger partial charge in [-0.15, -0.1) is 0 Å². The normalized spacial score (nSPS) is 12.4. The molecule has 0 heterocycles. The number of ether oxygens (including phenoxy) is 1. The molecule has 0 saturated heterocycles. The van der Waals surface area contributed by atoms with E-state index < -0.39 is 0 Å². The second kappa shape index (κ2) is 7.57. The van der Waals surface area contributed by atoms with Gasteiger partial charge < -0.3 is 10.1 Å². The first-order chi connectivity index (χ1) is 10.1. The zero-order chi connectivity index (χ0) is 15.2. The number of hydrogen-bond acceptors (Lipinski definition) is 2. The summed E-state index contributed by atoms with van der Waals surface area (Å²) in [6.45, 7) is 4.84. The third-order valence-corrected chi connectivity index (χ3v) is 3.70. The number of rotatable bonds is 6. The summed E-state index contributed by atoms with van der Waals surface area (Å²) in [7, 11) is 0. The second-order valence-electron chi connectivity index (χ2n) is 5.16. The van der Waals surface area contributed by atoms with Crippen LogP contribution in [0.25, 0.3) is 0 Å². The van der Waals surface area contributed by atoms with E-state index in [1.54, 1.807) is 12.1 Å². The number of nitrogens with one attached hydrogen (secondary N) is 1. The van der Waals surface area contributed by atoms with Crippen LogP contribution in [0.2, 0.25) is 0 Å². The van der Waals surface area contributed by atoms with Gasteiger partial charge in [0.2, 0.25) is 0 Å². The van der Waals surface area contributed by atoms with Gasteiger partial charge in [-0.1, -0.05) is 44.2 Å². The molecule has 0 bridgehead atoms. The predicted octanol–water partition coefficient (Wildman–Crippen LogP) is 4.71. The van der Waals surface area contributed by atoms with Crippen LogP contribution >= 0.6 is 15.9 Å². The minimum Gasteiger partial charge on any atom is -0.484 e. The van der Waals surface area contributed by atoms with Crippen molar-refractivity contribution >= 4 is 15.9 Å². The van der Waals surface area contributed by atoms with Gasteiger partial charge in [-0.25, -0.2) is 4.39 Å². The fraction of sp³-hybridized carbons (Fsp3) is 0.294. The molecular formula is C17H19BrFNO. The Bertz CT molecular complexity index is 574. The van der Waals surface area contributed by atoms with Crippen molar-refractivity contribution in [2.75, 3.05) is 6.54 Å². The lowest BCUT2D eigenvalue weighted by Gasteiger charge is -2.21. The van der Waals surface area contributed by atoms with Crippen molar-refractivity contribution in [2.24, 2.45) is 0 Å². The molecule has 0 fully saturated rings. The first-order valence-corrected chi connectivity index (χ1v) is 7.75. The Morgan fingerprint density at radius 1 is 1.14 bits per heavy atom. The molecule has 0 spiro atoms. The van der Waals surface area contributed by atoms with Crippen molar-refractivity contribution in [2.45, 2.75) is 26.0 Å². The Hall–Kier alpha value is -1.39. The molecule has 112 valence electrons. The summed E-state index contributed by atoms with van der Waals surface area (Å²) in [4.78, 5) is 0. The van der Waals surface area contributed by atoms with Crippen LogP contribution in [-0.2, 0) is 0 Å². The largest absolute Gasteiger partial charge is 0.484 e. The average molecular weight is 352 g/mol. The van der Waals surface area contributed by atoms with Crippen LogP contribution in [0.5, 0.6) is 5.75 Å². The van der Waals surface area contributed by atoms with E-state index >= 15 is 0 Å². The van der Waals surface area contributed by atoms with E-state index in [9.17, 15) is 4.39 Å². The lowest BCUT2D eigenvalue weighted by atomic mass is 10.1. The fourth-order valence-electron chi connectivity index (χ4n) is 1.95. The van der Waals surface area contributed by atoms with Crippen LogP contribution in [0.4, 0.5) is 4.39 Å². The minimum absolute atomic E-state index is 0.158. The highest BCUT2D eigenvalue weighted by Crippen LogP contribution is 2.25. The Balaban J connectivity index is 2.17. The molecule has 0 amide bonds. The van der Waals surface area contributed by atoms with E-state index in [4.69, 9.17) is 4.74 Å². The van der Waals surface area contributed by atoms with Crippen molar-refractivity contribution in [3.63, 3.8) is 0 Å².